The molecule has 5 rings (SSSR count). The minimum absolute atomic E-state index is 0.288. The molecule has 0 fully saturated rings. The number of rotatable bonds is 8. The van der Waals surface area contributed by atoms with Gasteiger partial charge in [-0.05, 0) is 107 Å². The zero-order chi connectivity index (χ0) is 32.6. The molecule has 0 aromatic heterocycles. The number of methoxy groups -OCH3 is 2. The lowest BCUT2D eigenvalue weighted by molar-refractivity contribution is 0.0954. The summed E-state index contributed by atoms with van der Waals surface area (Å²) in [6.07, 6.45) is 0. The molecule has 12 heteroatoms. The number of carbonyl (C=O) groups is 1. The van der Waals surface area contributed by atoms with Crippen LogP contribution in [0, 0.1) is 0 Å². The van der Waals surface area contributed by atoms with E-state index < -0.39 is 10.4 Å². The smallest absolute Gasteiger partial charge is 0.394 e. The lowest BCUT2D eigenvalue weighted by Gasteiger charge is -2.08. The lowest BCUT2D eigenvalue weighted by Crippen LogP contribution is -2.19. The molecule has 45 heavy (non-hydrogen) atoms. The molecule has 4 N–H and O–H groups in total. The maximum atomic E-state index is 12.7. The average Bonchev–Trinajstić information content (AvgIpc) is 3.04. The first-order chi connectivity index (χ1) is 21.4. The van der Waals surface area contributed by atoms with Gasteiger partial charge in [-0.2, -0.15) is 18.6 Å². The zero-order valence-electron chi connectivity index (χ0n) is 25.0. The highest BCUT2D eigenvalue weighted by atomic mass is 32.3. The zero-order valence-corrected chi connectivity index (χ0v) is 25.8. The second-order valence-electron chi connectivity index (χ2n) is 9.83. The van der Waals surface area contributed by atoms with Crippen LogP contribution in [0.2, 0.25) is 0 Å². The van der Waals surface area contributed by atoms with Crippen LogP contribution >= 0.6 is 0 Å². The van der Waals surface area contributed by atoms with Crippen LogP contribution in [0.25, 0.3) is 21.5 Å². The minimum Gasteiger partial charge on any atom is -0.497 e. The second-order valence-corrected chi connectivity index (χ2v) is 10.7. The molecule has 0 saturated heterocycles. The molecule has 1 amide bonds. The maximum absolute atomic E-state index is 12.7. The number of hydrazone groups is 2. The molecule has 0 aliphatic rings. The first-order valence-corrected chi connectivity index (χ1v) is 14.9. The molecule has 0 atom stereocenters. The van der Waals surface area contributed by atoms with E-state index in [0.29, 0.717) is 11.3 Å². The van der Waals surface area contributed by atoms with E-state index >= 15 is 0 Å². The van der Waals surface area contributed by atoms with Crippen molar-refractivity contribution in [3.05, 3.63) is 114 Å². The van der Waals surface area contributed by atoms with Crippen molar-refractivity contribution in [2.24, 2.45) is 10.2 Å². The molecule has 0 heterocycles. The Morgan fingerprint density at radius 1 is 0.622 bits per heavy atom. The van der Waals surface area contributed by atoms with Crippen molar-refractivity contribution < 1.29 is 31.8 Å². The van der Waals surface area contributed by atoms with Crippen molar-refractivity contribution in [1.82, 2.24) is 5.43 Å². The highest BCUT2D eigenvalue weighted by molar-refractivity contribution is 7.79. The van der Waals surface area contributed by atoms with Crippen molar-refractivity contribution in [3.8, 4) is 11.5 Å². The molecule has 0 aliphatic carbocycles. The summed E-state index contributed by atoms with van der Waals surface area (Å²) >= 11 is 0. The standard InChI is InChI=1S/C33H30N4O3.H2O4S/c1-21(24-5-7-28-19-31(39-3)15-11-26(28)17-24)34-36-30-13-9-23(10-14-30)33(38)37-35-22(2)25-6-8-29-20-32(40-4)16-12-27(29)18-25;1-5(2,3)4/h5-20,36H,1-4H3,(H,37,38);(H2,1,2,3,4)/b34-21+,35-22+;. The van der Waals surface area contributed by atoms with Gasteiger partial charge in [0.2, 0.25) is 0 Å². The van der Waals surface area contributed by atoms with Crippen molar-refractivity contribution >= 4 is 55.0 Å². The van der Waals surface area contributed by atoms with Crippen molar-refractivity contribution in [2.75, 3.05) is 19.6 Å². The number of nitrogens with zero attached hydrogens (tertiary/aromatic N) is 2. The van der Waals surface area contributed by atoms with E-state index in [4.69, 9.17) is 27.0 Å². The number of ether oxygens (including phenoxy) is 2. The molecule has 0 saturated carbocycles. The summed E-state index contributed by atoms with van der Waals surface area (Å²) in [7, 11) is -1.35. The van der Waals surface area contributed by atoms with Crippen molar-refractivity contribution in [1.29, 1.82) is 0 Å². The summed E-state index contributed by atoms with van der Waals surface area (Å²) in [5, 5.41) is 13.2. The quantitative estimate of drug-likeness (QED) is 0.0879. The Balaban J connectivity index is 0.000000854. The lowest BCUT2D eigenvalue weighted by atomic mass is 10.0. The Kier molecular flexibility index (Phi) is 10.5. The number of carbonyl (C=O) groups excluding carboxylic acids is 1. The third kappa shape index (κ3) is 9.34. The van der Waals surface area contributed by atoms with E-state index in [0.717, 1.165) is 55.6 Å². The molecular formula is C33H32N4O7S. The summed E-state index contributed by atoms with van der Waals surface area (Å²) < 4.78 is 42.2. The van der Waals surface area contributed by atoms with E-state index in [9.17, 15) is 4.79 Å². The fraction of sp³-hybridized carbons (Fsp3) is 0.121. The number of hydrogen-bond donors (Lipinski definition) is 4. The van der Waals surface area contributed by atoms with E-state index in [1.54, 1.807) is 26.4 Å². The van der Waals surface area contributed by atoms with Crippen molar-refractivity contribution in [2.45, 2.75) is 13.8 Å². The monoisotopic (exact) mass is 628 g/mol. The molecule has 0 radical (unpaired) electrons. The highest BCUT2D eigenvalue weighted by Crippen LogP contribution is 2.23. The Hall–Kier alpha value is -5.30. The summed E-state index contributed by atoms with van der Waals surface area (Å²) in [6.45, 7) is 3.82. The molecule has 0 spiro atoms. The Morgan fingerprint density at radius 2 is 1.02 bits per heavy atom. The van der Waals surface area contributed by atoms with Crippen LogP contribution in [0.15, 0.2) is 107 Å². The van der Waals surface area contributed by atoms with Gasteiger partial charge in [0.25, 0.3) is 5.91 Å². The van der Waals surface area contributed by atoms with E-state index in [-0.39, 0.29) is 5.91 Å². The molecule has 5 aromatic carbocycles. The number of nitrogens with one attached hydrogen (secondary N) is 2. The van der Waals surface area contributed by atoms with Crippen LogP contribution in [0.4, 0.5) is 5.69 Å². The van der Waals surface area contributed by atoms with Crippen molar-refractivity contribution in [3.63, 3.8) is 0 Å². The minimum atomic E-state index is -4.67. The first kappa shape index (κ1) is 32.6. The molecule has 0 unspecified atom stereocenters. The average molecular weight is 629 g/mol. The third-order valence-corrected chi connectivity index (χ3v) is 6.76. The van der Waals surface area contributed by atoms with Gasteiger partial charge >= 0.3 is 10.4 Å². The molecule has 5 aromatic rings. The van der Waals surface area contributed by atoms with Crippen LogP contribution in [0.5, 0.6) is 11.5 Å². The molecule has 0 bridgehead atoms. The Morgan fingerprint density at radius 3 is 1.49 bits per heavy atom. The van der Waals surface area contributed by atoms with Crippen LogP contribution in [0.3, 0.4) is 0 Å². The van der Waals surface area contributed by atoms with E-state index in [1.165, 1.54) is 0 Å². The summed E-state index contributed by atoms with van der Waals surface area (Å²) in [5.74, 6) is 1.36. The van der Waals surface area contributed by atoms with Gasteiger partial charge in [-0.3, -0.25) is 19.3 Å². The normalized spacial score (nSPS) is 11.9. The number of fused-ring (bicyclic) bond motifs is 2. The summed E-state index contributed by atoms with van der Waals surface area (Å²) in [5.41, 5.74) is 10.5. The van der Waals surface area contributed by atoms with Gasteiger partial charge < -0.3 is 9.47 Å². The SMILES string of the molecule is COc1ccc2cc(/C(C)=N/NC(=O)c3ccc(N/N=C(\C)c4ccc5cc(OC)ccc5c4)cc3)ccc2c1.O=S(=O)(O)O. The predicted molar refractivity (Wildman–Crippen MR) is 177 cm³/mol. The summed E-state index contributed by atoms with van der Waals surface area (Å²) in [6, 6.07) is 31.2. The number of hydrogen-bond acceptors (Lipinski definition) is 8. The van der Waals surface area contributed by atoms with Gasteiger partial charge in [-0.15, -0.1) is 0 Å². The van der Waals surface area contributed by atoms with Crippen LogP contribution < -0.4 is 20.3 Å². The number of anilines is 1. The Bertz CT molecular complexity index is 2000. The van der Waals surface area contributed by atoms with E-state index in [1.807, 2.05) is 86.6 Å². The summed E-state index contributed by atoms with van der Waals surface area (Å²) in [4.78, 5) is 12.7. The van der Waals surface area contributed by atoms with Gasteiger partial charge in [0.1, 0.15) is 11.5 Å². The molecular weight excluding hydrogens is 596 g/mol. The highest BCUT2D eigenvalue weighted by Gasteiger charge is 2.07. The van der Waals surface area contributed by atoms with Gasteiger partial charge in [0.15, 0.2) is 0 Å². The van der Waals surface area contributed by atoms with E-state index in [2.05, 4.69) is 33.2 Å². The van der Waals surface area contributed by atoms with Crippen LogP contribution in [-0.4, -0.2) is 49.1 Å². The van der Waals surface area contributed by atoms with Crippen LogP contribution in [0.1, 0.15) is 35.3 Å². The number of benzene rings is 5. The largest absolute Gasteiger partial charge is 0.497 e. The molecule has 0 aliphatic heterocycles. The maximum Gasteiger partial charge on any atom is 0.394 e. The van der Waals surface area contributed by atoms with Crippen LogP contribution in [-0.2, 0) is 10.4 Å². The third-order valence-electron chi connectivity index (χ3n) is 6.76. The van der Waals surface area contributed by atoms with Gasteiger partial charge in [-0.1, -0.05) is 36.4 Å². The predicted octanol–water partition coefficient (Wildman–Crippen LogP) is 6.35. The van der Waals surface area contributed by atoms with Gasteiger partial charge in [0.05, 0.1) is 31.3 Å². The van der Waals surface area contributed by atoms with Gasteiger partial charge in [0, 0.05) is 5.56 Å². The topological polar surface area (TPSA) is 159 Å². The number of amides is 1. The first-order valence-electron chi connectivity index (χ1n) is 13.5. The molecule has 11 nitrogen and oxygen atoms in total. The molecule has 232 valence electrons. The Labute approximate surface area is 260 Å². The fourth-order valence-electron chi connectivity index (χ4n) is 4.32. The van der Waals surface area contributed by atoms with Gasteiger partial charge in [-0.25, -0.2) is 5.43 Å². The fourth-order valence-corrected chi connectivity index (χ4v) is 4.32. The second kappa shape index (κ2) is 14.4.